The zero-order chi connectivity index (χ0) is 17.8. The minimum Gasteiger partial charge on any atom is -0.491 e. The summed E-state index contributed by atoms with van der Waals surface area (Å²) in [5, 5.41) is 15.9. The van der Waals surface area contributed by atoms with Gasteiger partial charge in [-0.05, 0) is 44.0 Å². The lowest BCUT2D eigenvalue weighted by Crippen LogP contribution is -2.36. The molecule has 0 heterocycles. The molecule has 6 heteroatoms. The monoisotopic (exact) mass is 336 g/mol. The van der Waals surface area contributed by atoms with Gasteiger partial charge < -0.3 is 25.3 Å². The molecule has 1 rings (SSSR count). The molecule has 0 fully saturated rings. The van der Waals surface area contributed by atoms with E-state index in [9.17, 15) is 14.7 Å². The molecule has 3 N–H and O–H groups in total. The number of benzene rings is 1. The summed E-state index contributed by atoms with van der Waals surface area (Å²) < 4.78 is 5.53. The average Bonchev–Trinajstić information content (AvgIpc) is 2.56. The Balaban J connectivity index is 2.19. The summed E-state index contributed by atoms with van der Waals surface area (Å²) in [5.41, 5.74) is 0.709. The van der Waals surface area contributed by atoms with Gasteiger partial charge in [-0.1, -0.05) is 6.42 Å². The summed E-state index contributed by atoms with van der Waals surface area (Å²) >= 11 is 0. The SMILES string of the molecule is CC(=O)Nc1ccc(OCC(O)CNC(C)CCCCC=O)cc1. The van der Waals surface area contributed by atoms with Gasteiger partial charge in [0.1, 0.15) is 24.7 Å². The van der Waals surface area contributed by atoms with E-state index in [0.717, 1.165) is 25.5 Å². The fourth-order valence-electron chi connectivity index (χ4n) is 2.21. The number of aldehydes is 1. The maximum Gasteiger partial charge on any atom is 0.221 e. The average molecular weight is 336 g/mol. The molecule has 1 aromatic carbocycles. The first-order chi connectivity index (χ1) is 11.5. The van der Waals surface area contributed by atoms with Crippen LogP contribution in [0, 0.1) is 0 Å². The van der Waals surface area contributed by atoms with E-state index in [4.69, 9.17) is 4.74 Å². The van der Waals surface area contributed by atoms with Gasteiger partial charge in [0.05, 0.1) is 0 Å². The molecule has 0 spiro atoms. The van der Waals surface area contributed by atoms with E-state index in [1.807, 2.05) is 0 Å². The van der Waals surface area contributed by atoms with Crippen LogP contribution in [0.4, 0.5) is 5.69 Å². The standard InChI is InChI=1S/C18H28N2O4/c1-14(6-4-3-5-11-21)19-12-17(23)13-24-18-9-7-16(8-10-18)20-15(2)22/h7-11,14,17,19,23H,3-6,12-13H2,1-2H3,(H,20,22). The van der Waals surface area contributed by atoms with Crippen molar-refractivity contribution in [2.75, 3.05) is 18.5 Å². The second-order valence-electron chi connectivity index (χ2n) is 5.93. The molecule has 134 valence electrons. The molecule has 6 nitrogen and oxygen atoms in total. The van der Waals surface area contributed by atoms with E-state index in [1.165, 1.54) is 6.92 Å². The Kier molecular flexibility index (Phi) is 9.72. The Morgan fingerprint density at radius 3 is 2.62 bits per heavy atom. The number of anilines is 1. The van der Waals surface area contributed by atoms with Gasteiger partial charge in [0.15, 0.2) is 0 Å². The third-order valence-electron chi connectivity index (χ3n) is 3.53. The van der Waals surface area contributed by atoms with Gasteiger partial charge in [0, 0.05) is 31.6 Å². The molecular weight excluding hydrogens is 308 g/mol. The van der Waals surface area contributed by atoms with Crippen LogP contribution in [0.3, 0.4) is 0 Å². The summed E-state index contributed by atoms with van der Waals surface area (Å²) in [4.78, 5) is 21.2. The van der Waals surface area contributed by atoms with Crippen molar-refractivity contribution in [3.8, 4) is 5.75 Å². The molecule has 0 saturated heterocycles. The van der Waals surface area contributed by atoms with Crippen molar-refractivity contribution in [3.63, 3.8) is 0 Å². The van der Waals surface area contributed by atoms with Crippen molar-refractivity contribution in [2.45, 2.75) is 51.7 Å². The minimum absolute atomic E-state index is 0.120. The molecule has 0 bridgehead atoms. The molecule has 1 amide bonds. The van der Waals surface area contributed by atoms with Crippen LogP contribution in [0.5, 0.6) is 5.75 Å². The number of nitrogens with one attached hydrogen (secondary N) is 2. The van der Waals surface area contributed by atoms with Crippen LogP contribution in [-0.4, -0.2) is 42.6 Å². The Bertz CT molecular complexity index is 490. The summed E-state index contributed by atoms with van der Waals surface area (Å²) in [6, 6.07) is 7.30. The van der Waals surface area contributed by atoms with Gasteiger partial charge in [0.25, 0.3) is 0 Å². The molecule has 0 radical (unpaired) electrons. The molecule has 0 aliphatic heterocycles. The van der Waals surface area contributed by atoms with Crippen LogP contribution in [0.15, 0.2) is 24.3 Å². The zero-order valence-electron chi connectivity index (χ0n) is 14.5. The van der Waals surface area contributed by atoms with E-state index >= 15 is 0 Å². The molecule has 1 aromatic rings. The lowest BCUT2D eigenvalue weighted by molar-refractivity contribution is -0.114. The van der Waals surface area contributed by atoms with E-state index in [2.05, 4.69) is 17.6 Å². The van der Waals surface area contributed by atoms with E-state index in [0.29, 0.717) is 30.4 Å². The lowest BCUT2D eigenvalue weighted by Gasteiger charge is -2.17. The molecule has 0 aliphatic rings. The maximum absolute atomic E-state index is 10.9. The molecular formula is C18H28N2O4. The number of carbonyl (C=O) groups excluding carboxylic acids is 2. The third-order valence-corrected chi connectivity index (χ3v) is 3.53. The Morgan fingerprint density at radius 2 is 2.00 bits per heavy atom. The molecule has 24 heavy (non-hydrogen) atoms. The fourth-order valence-corrected chi connectivity index (χ4v) is 2.21. The highest BCUT2D eigenvalue weighted by Gasteiger charge is 2.08. The highest BCUT2D eigenvalue weighted by molar-refractivity contribution is 5.88. The van der Waals surface area contributed by atoms with Crippen molar-refractivity contribution >= 4 is 17.9 Å². The van der Waals surface area contributed by atoms with Crippen molar-refractivity contribution in [3.05, 3.63) is 24.3 Å². The molecule has 0 aromatic heterocycles. The normalized spacial score (nSPS) is 13.1. The second kappa shape index (κ2) is 11.6. The number of ether oxygens (including phenoxy) is 1. The Labute approximate surface area is 143 Å². The Morgan fingerprint density at radius 1 is 1.29 bits per heavy atom. The number of rotatable bonds is 12. The summed E-state index contributed by atoms with van der Waals surface area (Å²) in [5.74, 6) is 0.524. The minimum atomic E-state index is -0.600. The Hall–Kier alpha value is -1.92. The highest BCUT2D eigenvalue weighted by Crippen LogP contribution is 2.15. The van der Waals surface area contributed by atoms with Crippen LogP contribution in [-0.2, 0) is 9.59 Å². The number of carbonyl (C=O) groups is 2. The molecule has 2 unspecified atom stereocenters. The van der Waals surface area contributed by atoms with Gasteiger partial charge in [-0.15, -0.1) is 0 Å². The van der Waals surface area contributed by atoms with Gasteiger partial charge in [-0.2, -0.15) is 0 Å². The largest absolute Gasteiger partial charge is 0.491 e. The van der Waals surface area contributed by atoms with E-state index in [1.54, 1.807) is 24.3 Å². The van der Waals surface area contributed by atoms with Crippen molar-refractivity contribution < 1.29 is 19.4 Å². The quantitative estimate of drug-likeness (QED) is 0.402. The second-order valence-corrected chi connectivity index (χ2v) is 5.93. The first kappa shape index (κ1) is 20.1. The maximum atomic E-state index is 10.9. The van der Waals surface area contributed by atoms with Crippen LogP contribution in [0.25, 0.3) is 0 Å². The first-order valence-electron chi connectivity index (χ1n) is 8.36. The van der Waals surface area contributed by atoms with Crippen molar-refractivity contribution in [1.29, 1.82) is 0 Å². The highest BCUT2D eigenvalue weighted by atomic mass is 16.5. The van der Waals surface area contributed by atoms with Gasteiger partial charge in [0.2, 0.25) is 5.91 Å². The zero-order valence-corrected chi connectivity index (χ0v) is 14.5. The predicted molar refractivity (Wildman–Crippen MR) is 94.2 cm³/mol. The number of aliphatic hydroxyl groups is 1. The summed E-state index contributed by atoms with van der Waals surface area (Å²) in [7, 11) is 0. The number of hydrogen-bond donors (Lipinski definition) is 3. The van der Waals surface area contributed by atoms with Gasteiger partial charge >= 0.3 is 0 Å². The number of aliphatic hydroxyl groups excluding tert-OH is 1. The topological polar surface area (TPSA) is 87.7 Å². The first-order valence-corrected chi connectivity index (χ1v) is 8.36. The molecule has 0 aliphatic carbocycles. The van der Waals surface area contributed by atoms with Gasteiger partial charge in [-0.25, -0.2) is 0 Å². The van der Waals surface area contributed by atoms with Crippen LogP contribution in [0.2, 0.25) is 0 Å². The van der Waals surface area contributed by atoms with Gasteiger partial charge in [-0.3, -0.25) is 4.79 Å². The summed E-state index contributed by atoms with van der Waals surface area (Å²) in [6.07, 6.45) is 3.85. The third kappa shape index (κ3) is 9.27. The summed E-state index contributed by atoms with van der Waals surface area (Å²) in [6.45, 7) is 4.18. The number of unbranched alkanes of at least 4 members (excludes halogenated alkanes) is 2. The van der Waals surface area contributed by atoms with Crippen LogP contribution < -0.4 is 15.4 Å². The molecule has 2 atom stereocenters. The predicted octanol–water partition coefficient (Wildman–Crippen LogP) is 2.12. The van der Waals surface area contributed by atoms with E-state index < -0.39 is 6.10 Å². The van der Waals surface area contributed by atoms with Crippen molar-refractivity contribution in [1.82, 2.24) is 5.32 Å². The van der Waals surface area contributed by atoms with Crippen molar-refractivity contribution in [2.24, 2.45) is 0 Å². The van der Waals surface area contributed by atoms with E-state index in [-0.39, 0.29) is 12.5 Å². The smallest absolute Gasteiger partial charge is 0.221 e. The van der Waals surface area contributed by atoms with Crippen LogP contribution in [0.1, 0.15) is 39.5 Å². The molecule has 0 saturated carbocycles. The van der Waals surface area contributed by atoms with Crippen LogP contribution >= 0.6 is 0 Å². The fraction of sp³-hybridized carbons (Fsp3) is 0.556. The number of hydrogen-bond acceptors (Lipinski definition) is 5. The number of amides is 1. The lowest BCUT2D eigenvalue weighted by atomic mass is 10.1.